The van der Waals surface area contributed by atoms with Gasteiger partial charge in [0.2, 0.25) is 11.8 Å². The molecule has 2 heterocycles. The summed E-state index contributed by atoms with van der Waals surface area (Å²) in [6.07, 6.45) is -1.03. The third-order valence-electron chi connectivity index (χ3n) is 9.92. The van der Waals surface area contributed by atoms with Crippen LogP contribution in [0.1, 0.15) is 45.2 Å². The molecule has 0 saturated carbocycles. The van der Waals surface area contributed by atoms with E-state index in [1.165, 1.54) is 24.4 Å². The summed E-state index contributed by atoms with van der Waals surface area (Å²) in [6, 6.07) is 14.3. The number of methoxy groups -OCH3 is 1. The van der Waals surface area contributed by atoms with Crippen molar-refractivity contribution in [1.29, 1.82) is 0 Å². The summed E-state index contributed by atoms with van der Waals surface area (Å²) in [6.45, 7) is 4.36. The number of pyridine rings is 1. The van der Waals surface area contributed by atoms with Crippen LogP contribution >= 0.6 is 0 Å². The Morgan fingerprint density at radius 3 is 2.09 bits per heavy atom. The van der Waals surface area contributed by atoms with Crippen LogP contribution in [0.4, 0.5) is 0 Å². The molecule has 0 bridgehead atoms. The van der Waals surface area contributed by atoms with E-state index in [9.17, 15) is 42.0 Å². The minimum Gasteiger partial charge on any atom is -0.465 e. The molecular formula is C47H55N3O19S. The van der Waals surface area contributed by atoms with Crippen LogP contribution in [0.2, 0.25) is 0 Å². The van der Waals surface area contributed by atoms with Gasteiger partial charge in [0.05, 0.1) is 59.0 Å². The van der Waals surface area contributed by atoms with E-state index in [0.29, 0.717) is 16.7 Å². The maximum atomic E-state index is 13.7. The molecule has 22 nitrogen and oxygen atoms in total. The molecule has 2 amide bonds. The molecule has 70 heavy (non-hydrogen) atoms. The van der Waals surface area contributed by atoms with Crippen molar-refractivity contribution in [3.8, 4) is 29.4 Å². The molecular weight excluding hydrogens is 943 g/mol. The number of esters is 5. The third kappa shape index (κ3) is 17.2. The molecule has 0 radical (unpaired) electrons. The number of nitrogens with one attached hydrogen (secondary N) is 2. The van der Waals surface area contributed by atoms with Crippen molar-refractivity contribution in [2.75, 3.05) is 53.3 Å². The number of benzene rings is 2. The smallest absolute Gasteiger partial charge is 0.366 e. The van der Waals surface area contributed by atoms with Crippen molar-refractivity contribution in [2.24, 2.45) is 0 Å². The van der Waals surface area contributed by atoms with Crippen LogP contribution in [0.5, 0.6) is 5.88 Å². The molecule has 6 atom stereocenters. The first kappa shape index (κ1) is 55.6. The van der Waals surface area contributed by atoms with E-state index >= 15 is 0 Å². The number of rotatable bonds is 25. The molecule has 0 spiro atoms. The second-order valence-corrected chi connectivity index (χ2v) is 17.0. The average Bonchev–Trinajstić information content (AvgIpc) is 3.30. The maximum Gasteiger partial charge on any atom is 0.366 e. The molecule has 1 fully saturated rings. The maximum absolute atomic E-state index is 13.7. The molecule has 3 aromatic rings. The fraction of sp³-hybridized carbons (Fsp3) is 0.447. The Hall–Kier alpha value is -6.97. The first-order chi connectivity index (χ1) is 33.2. The van der Waals surface area contributed by atoms with Gasteiger partial charge in [-0.05, 0) is 36.2 Å². The number of terminal acetylenes is 1. The Kier molecular flexibility index (Phi) is 21.2. The summed E-state index contributed by atoms with van der Waals surface area (Å²) in [5, 5.41) is 5.18. The van der Waals surface area contributed by atoms with Gasteiger partial charge in [0, 0.05) is 45.5 Å². The zero-order chi connectivity index (χ0) is 51.4. The zero-order valence-electron chi connectivity index (χ0n) is 39.3. The molecule has 1 aliphatic rings. The predicted octanol–water partition coefficient (Wildman–Crippen LogP) is 1.67. The summed E-state index contributed by atoms with van der Waals surface area (Å²) in [4.78, 5) is 94.3. The monoisotopic (exact) mass is 997 g/mol. The van der Waals surface area contributed by atoms with Crippen LogP contribution in [0.25, 0.3) is 11.1 Å². The molecule has 1 aromatic heterocycles. The Morgan fingerprint density at radius 2 is 1.49 bits per heavy atom. The number of amides is 2. The van der Waals surface area contributed by atoms with Gasteiger partial charge in [-0.1, -0.05) is 47.9 Å². The van der Waals surface area contributed by atoms with E-state index in [0.717, 1.165) is 40.4 Å². The van der Waals surface area contributed by atoms with Crippen LogP contribution in [0.15, 0.2) is 71.8 Å². The Morgan fingerprint density at radius 1 is 0.829 bits per heavy atom. The minimum atomic E-state index is -4.12. The van der Waals surface area contributed by atoms with Crippen molar-refractivity contribution in [3.05, 3.63) is 78.0 Å². The first-order valence-corrected chi connectivity index (χ1v) is 22.9. The molecule has 1 aliphatic heterocycles. The summed E-state index contributed by atoms with van der Waals surface area (Å²) >= 11 is 0. The molecule has 1 saturated heterocycles. The zero-order valence-corrected chi connectivity index (χ0v) is 40.1. The number of aryl methyl sites for hydroxylation is 1. The number of hydrogen-bond donors (Lipinski definition) is 2. The van der Waals surface area contributed by atoms with E-state index in [1.807, 2.05) is 6.92 Å². The highest BCUT2D eigenvalue weighted by molar-refractivity contribution is 7.87. The van der Waals surface area contributed by atoms with Gasteiger partial charge in [-0.15, -0.1) is 6.42 Å². The van der Waals surface area contributed by atoms with E-state index in [4.69, 9.17) is 53.2 Å². The fourth-order valence-electron chi connectivity index (χ4n) is 6.90. The number of hydrogen-bond acceptors (Lipinski definition) is 20. The second kappa shape index (κ2) is 26.7. The lowest BCUT2D eigenvalue weighted by atomic mass is 9.87. The predicted molar refractivity (Wildman–Crippen MR) is 241 cm³/mol. The Balaban J connectivity index is 1.59. The van der Waals surface area contributed by atoms with Crippen LogP contribution < -0.4 is 14.8 Å². The molecule has 0 unspecified atom stereocenters. The molecule has 2 N–H and O–H groups in total. The van der Waals surface area contributed by atoms with Gasteiger partial charge in [0.1, 0.15) is 23.7 Å². The second-order valence-electron chi connectivity index (χ2n) is 15.4. The van der Waals surface area contributed by atoms with Crippen molar-refractivity contribution < 1.29 is 88.8 Å². The van der Waals surface area contributed by atoms with E-state index in [-0.39, 0.29) is 50.2 Å². The van der Waals surface area contributed by atoms with Gasteiger partial charge in [-0.3, -0.25) is 28.8 Å². The highest BCUT2D eigenvalue weighted by Crippen LogP contribution is 2.37. The van der Waals surface area contributed by atoms with Crippen LogP contribution in [0.3, 0.4) is 0 Å². The molecule has 378 valence electrons. The van der Waals surface area contributed by atoms with Gasteiger partial charge in [-0.25, -0.2) is 9.78 Å². The molecule has 0 aliphatic carbocycles. The highest BCUT2D eigenvalue weighted by Gasteiger charge is 2.59. The minimum absolute atomic E-state index is 0.0264. The van der Waals surface area contributed by atoms with Crippen LogP contribution in [-0.4, -0.2) is 145 Å². The third-order valence-corrected chi connectivity index (χ3v) is 11.2. The lowest BCUT2D eigenvalue weighted by Crippen LogP contribution is -2.70. The standard InChI is InChI=1S/C47H55N3O19S/c1-8-19-61-20-21-62-22-23-64-47(46(57)60-7)25-38(65-31(4)52)43(50-41(56)28-63-30(3)51)45(68-47)44(67-33(6)54)39(66-32(5)53)27-48-40(55)24-34-11-13-35(14-12-34)36-15-18-42(49-26-36)69-70(58,59)37-16-9-29(2)10-17-37/h1,9-18,26,38-39,43-45H,19-25,27-28H2,2-7H3,(H,48,55)(H,50,56)/t38-,39+,43+,44+,45+,47+/m0/s1. The van der Waals surface area contributed by atoms with Crippen molar-refractivity contribution in [1.82, 2.24) is 15.6 Å². The Bertz CT molecular complexity index is 2440. The number of nitrogens with zero attached hydrogens (tertiary/aromatic N) is 1. The average molecular weight is 998 g/mol. The van der Waals surface area contributed by atoms with Gasteiger partial charge in [0.15, 0.2) is 18.8 Å². The molecule has 4 rings (SSSR count). The quantitative estimate of drug-likeness (QED) is 0.0401. The Labute approximate surface area is 404 Å². The van der Waals surface area contributed by atoms with Crippen molar-refractivity contribution in [2.45, 2.75) is 88.6 Å². The highest BCUT2D eigenvalue weighted by atomic mass is 32.2. The lowest BCUT2D eigenvalue weighted by molar-refractivity contribution is -0.315. The van der Waals surface area contributed by atoms with Gasteiger partial charge < -0.3 is 57.4 Å². The SMILES string of the molecule is C#CCOCCOCCO[C@]1(C(=O)OC)C[C@H](OC(C)=O)[C@@H](NC(=O)COC(C)=O)[C@H]([C@H](OC(C)=O)[C@@H](CNC(=O)Cc2ccc(-c3ccc(OS(=O)(=O)c4ccc(C)cc4)nc3)cc2)OC(C)=O)O1. The summed E-state index contributed by atoms with van der Waals surface area (Å²) < 4.78 is 80.4. The van der Waals surface area contributed by atoms with Gasteiger partial charge in [-0.2, -0.15) is 8.42 Å². The van der Waals surface area contributed by atoms with Gasteiger partial charge >= 0.3 is 40.0 Å². The van der Waals surface area contributed by atoms with E-state index in [2.05, 4.69) is 21.5 Å². The topological polar surface area (TPSA) is 283 Å². The van der Waals surface area contributed by atoms with Gasteiger partial charge in [0.25, 0.3) is 11.7 Å². The summed E-state index contributed by atoms with van der Waals surface area (Å²) in [7, 11) is -3.11. The number of carbonyl (C=O) groups excluding carboxylic acids is 7. The van der Waals surface area contributed by atoms with E-state index < -0.39 is 108 Å². The lowest BCUT2D eigenvalue weighted by Gasteiger charge is -2.48. The van der Waals surface area contributed by atoms with E-state index in [1.54, 1.807) is 42.5 Å². The molecule has 2 aromatic carbocycles. The number of carbonyl (C=O) groups is 7. The van der Waals surface area contributed by atoms with Crippen LogP contribution in [-0.2, 0) is 92.7 Å². The normalized spacial score (nSPS) is 18.4. The number of aromatic nitrogens is 1. The fourth-order valence-corrected chi connectivity index (χ4v) is 7.79. The largest absolute Gasteiger partial charge is 0.465 e. The van der Waals surface area contributed by atoms with Crippen LogP contribution in [0, 0.1) is 19.3 Å². The molecule has 23 heteroatoms. The summed E-state index contributed by atoms with van der Waals surface area (Å²) in [5.74, 6) is -6.62. The number of ether oxygens (including phenoxy) is 9. The van der Waals surface area contributed by atoms with Crippen molar-refractivity contribution >= 4 is 51.8 Å². The summed E-state index contributed by atoms with van der Waals surface area (Å²) in [5.41, 5.74) is 2.68. The first-order valence-electron chi connectivity index (χ1n) is 21.5. The van der Waals surface area contributed by atoms with Crippen molar-refractivity contribution in [3.63, 3.8) is 0 Å².